The summed E-state index contributed by atoms with van der Waals surface area (Å²) in [7, 11) is -3.40. The quantitative estimate of drug-likeness (QED) is 0.807. The summed E-state index contributed by atoms with van der Waals surface area (Å²) >= 11 is 0. The van der Waals surface area contributed by atoms with Crippen molar-refractivity contribution < 1.29 is 8.42 Å². The Bertz CT molecular complexity index is 473. The van der Waals surface area contributed by atoms with Gasteiger partial charge in [-0.25, -0.2) is 8.42 Å². The minimum atomic E-state index is -3.40. The van der Waals surface area contributed by atoms with Crippen molar-refractivity contribution >= 4 is 22.4 Å². The van der Waals surface area contributed by atoms with Crippen LogP contribution in [0.15, 0.2) is 11.1 Å². The predicted octanol–water partition coefficient (Wildman–Crippen LogP) is 0.122. The van der Waals surface area contributed by atoms with Crippen LogP contribution in [0.1, 0.15) is 12.6 Å². The minimum absolute atomic E-state index is 0. The number of sulfonamides is 1. The zero-order valence-electron chi connectivity index (χ0n) is 9.80. The lowest BCUT2D eigenvalue weighted by molar-refractivity contribution is 0.284. The largest absolute Gasteiger partial charge is 0.314 e. The second-order valence-corrected chi connectivity index (χ2v) is 5.89. The van der Waals surface area contributed by atoms with Gasteiger partial charge < -0.3 is 5.32 Å². The Kier molecular flexibility index (Phi) is 4.54. The molecule has 0 spiro atoms. The third-order valence-electron chi connectivity index (χ3n) is 2.81. The molecule has 2 rings (SSSR count). The van der Waals surface area contributed by atoms with Gasteiger partial charge in [0.2, 0.25) is 10.0 Å². The van der Waals surface area contributed by atoms with E-state index < -0.39 is 10.0 Å². The third kappa shape index (κ3) is 2.62. The lowest BCUT2D eigenvalue weighted by atomic mass is 10.3. The van der Waals surface area contributed by atoms with Crippen molar-refractivity contribution in [1.82, 2.24) is 19.8 Å². The third-order valence-corrected chi connectivity index (χ3v) is 4.94. The molecule has 2 heterocycles. The molecule has 2 N–H and O–H groups in total. The average Bonchev–Trinajstić information content (AvgIpc) is 2.65. The molecule has 17 heavy (non-hydrogen) atoms. The van der Waals surface area contributed by atoms with E-state index in [4.69, 9.17) is 0 Å². The monoisotopic (exact) mass is 280 g/mol. The molecule has 1 saturated heterocycles. The standard InChI is InChI=1S/C9H16N4O2S.ClH/c1-7-5-10-3-4-13(7)16(14,15)9-6-11-12-8(9)2;/h6-7,10H,3-5H2,1-2H3,(H,11,12);1H/t7-;/m0./s1. The fourth-order valence-electron chi connectivity index (χ4n) is 1.91. The summed E-state index contributed by atoms with van der Waals surface area (Å²) in [5, 5.41) is 9.59. The molecule has 0 saturated carbocycles. The summed E-state index contributed by atoms with van der Waals surface area (Å²) in [5.41, 5.74) is 0.589. The first-order chi connectivity index (χ1) is 7.53. The highest BCUT2D eigenvalue weighted by molar-refractivity contribution is 7.89. The number of aromatic nitrogens is 2. The van der Waals surface area contributed by atoms with E-state index in [1.54, 1.807) is 6.92 Å². The maximum atomic E-state index is 12.3. The van der Waals surface area contributed by atoms with Crippen LogP contribution in [-0.4, -0.2) is 48.6 Å². The van der Waals surface area contributed by atoms with Gasteiger partial charge in [0.1, 0.15) is 4.90 Å². The van der Waals surface area contributed by atoms with Gasteiger partial charge >= 0.3 is 0 Å². The van der Waals surface area contributed by atoms with Crippen LogP contribution >= 0.6 is 12.4 Å². The Morgan fingerprint density at radius 3 is 2.76 bits per heavy atom. The smallest absolute Gasteiger partial charge is 0.246 e. The zero-order valence-corrected chi connectivity index (χ0v) is 11.4. The molecule has 0 unspecified atom stereocenters. The van der Waals surface area contributed by atoms with Gasteiger partial charge in [0.25, 0.3) is 0 Å². The van der Waals surface area contributed by atoms with Crippen molar-refractivity contribution in [3.8, 4) is 0 Å². The van der Waals surface area contributed by atoms with Gasteiger partial charge in [-0.2, -0.15) is 9.40 Å². The van der Waals surface area contributed by atoms with E-state index in [0.29, 0.717) is 25.3 Å². The van der Waals surface area contributed by atoms with Crippen LogP contribution < -0.4 is 5.32 Å². The van der Waals surface area contributed by atoms with E-state index in [2.05, 4.69) is 15.5 Å². The molecule has 0 aliphatic carbocycles. The maximum absolute atomic E-state index is 12.3. The van der Waals surface area contributed by atoms with E-state index in [1.807, 2.05) is 6.92 Å². The Labute approximate surface area is 107 Å². The van der Waals surface area contributed by atoms with Gasteiger partial charge in [-0.15, -0.1) is 12.4 Å². The molecule has 8 heteroatoms. The van der Waals surface area contributed by atoms with Crippen molar-refractivity contribution in [2.45, 2.75) is 24.8 Å². The highest BCUT2D eigenvalue weighted by Gasteiger charge is 2.32. The fraction of sp³-hybridized carbons (Fsp3) is 0.667. The van der Waals surface area contributed by atoms with Crippen LogP contribution in [-0.2, 0) is 10.0 Å². The summed E-state index contributed by atoms with van der Waals surface area (Å²) in [4.78, 5) is 0.279. The van der Waals surface area contributed by atoms with Gasteiger partial charge in [0.05, 0.1) is 11.9 Å². The van der Waals surface area contributed by atoms with Crippen molar-refractivity contribution in [3.63, 3.8) is 0 Å². The summed E-state index contributed by atoms with van der Waals surface area (Å²) in [6.07, 6.45) is 1.37. The van der Waals surface area contributed by atoms with Crippen LogP contribution in [0.2, 0.25) is 0 Å². The molecule has 0 bridgehead atoms. The average molecular weight is 281 g/mol. The van der Waals surface area contributed by atoms with E-state index in [1.165, 1.54) is 10.5 Å². The van der Waals surface area contributed by atoms with E-state index in [9.17, 15) is 8.42 Å². The van der Waals surface area contributed by atoms with Gasteiger partial charge in [0, 0.05) is 25.7 Å². The molecule has 1 aliphatic rings. The first-order valence-corrected chi connectivity index (χ1v) is 6.70. The summed E-state index contributed by atoms with van der Waals surface area (Å²) in [6, 6.07) is -0.0203. The molecule has 98 valence electrons. The maximum Gasteiger partial charge on any atom is 0.246 e. The van der Waals surface area contributed by atoms with Crippen LogP contribution in [0.4, 0.5) is 0 Å². The molecule has 0 aromatic carbocycles. The number of piperazine rings is 1. The molecule has 1 fully saturated rings. The molecule has 1 aliphatic heterocycles. The Hall–Kier alpha value is -0.630. The minimum Gasteiger partial charge on any atom is -0.314 e. The second-order valence-electron chi connectivity index (χ2n) is 4.03. The number of halogens is 1. The highest BCUT2D eigenvalue weighted by Crippen LogP contribution is 2.20. The highest BCUT2D eigenvalue weighted by atomic mass is 35.5. The van der Waals surface area contributed by atoms with Gasteiger partial charge in [-0.1, -0.05) is 0 Å². The summed E-state index contributed by atoms with van der Waals surface area (Å²) < 4.78 is 26.2. The van der Waals surface area contributed by atoms with Crippen molar-refractivity contribution in [2.75, 3.05) is 19.6 Å². The van der Waals surface area contributed by atoms with Crippen molar-refractivity contribution in [1.29, 1.82) is 0 Å². The molecule has 1 atom stereocenters. The van der Waals surface area contributed by atoms with Crippen LogP contribution in [0.25, 0.3) is 0 Å². The Morgan fingerprint density at radius 2 is 2.24 bits per heavy atom. The molecule has 0 amide bonds. The molecule has 1 aromatic rings. The number of rotatable bonds is 2. The summed E-state index contributed by atoms with van der Waals surface area (Å²) in [6.45, 7) is 5.51. The van der Waals surface area contributed by atoms with Gasteiger partial charge in [-0.05, 0) is 13.8 Å². The van der Waals surface area contributed by atoms with E-state index >= 15 is 0 Å². The number of hydrogen-bond acceptors (Lipinski definition) is 4. The Morgan fingerprint density at radius 1 is 1.53 bits per heavy atom. The molecule has 0 radical (unpaired) electrons. The fourth-order valence-corrected chi connectivity index (χ4v) is 3.66. The first kappa shape index (κ1) is 14.4. The molecular weight excluding hydrogens is 264 g/mol. The number of nitrogens with one attached hydrogen (secondary N) is 2. The second kappa shape index (κ2) is 5.34. The van der Waals surface area contributed by atoms with Crippen molar-refractivity contribution in [3.05, 3.63) is 11.9 Å². The van der Waals surface area contributed by atoms with E-state index in [-0.39, 0.29) is 23.3 Å². The van der Waals surface area contributed by atoms with E-state index in [0.717, 1.165) is 0 Å². The first-order valence-electron chi connectivity index (χ1n) is 5.26. The SMILES string of the molecule is Cc1[nH]ncc1S(=O)(=O)N1CCNC[C@@H]1C.Cl. The van der Waals surface area contributed by atoms with Crippen LogP contribution in [0.3, 0.4) is 0 Å². The number of H-pyrrole nitrogens is 1. The number of nitrogens with zero attached hydrogens (tertiary/aromatic N) is 2. The van der Waals surface area contributed by atoms with Gasteiger partial charge in [-0.3, -0.25) is 5.10 Å². The topological polar surface area (TPSA) is 78.1 Å². The zero-order chi connectivity index (χ0) is 11.8. The summed E-state index contributed by atoms with van der Waals surface area (Å²) in [5.74, 6) is 0. The predicted molar refractivity (Wildman–Crippen MR) is 66.8 cm³/mol. The van der Waals surface area contributed by atoms with Crippen LogP contribution in [0.5, 0.6) is 0 Å². The molecular formula is C9H17ClN4O2S. The van der Waals surface area contributed by atoms with Crippen LogP contribution in [0, 0.1) is 6.92 Å². The lowest BCUT2D eigenvalue weighted by Crippen LogP contribution is -2.52. The number of aryl methyl sites for hydroxylation is 1. The Balaban J connectivity index is 0.00000144. The molecule has 1 aromatic heterocycles. The normalized spacial score (nSPS) is 22.1. The number of aromatic amines is 1. The number of hydrogen-bond donors (Lipinski definition) is 2. The lowest BCUT2D eigenvalue weighted by Gasteiger charge is -2.32. The molecule has 6 nitrogen and oxygen atoms in total. The van der Waals surface area contributed by atoms with Crippen molar-refractivity contribution in [2.24, 2.45) is 0 Å². The van der Waals surface area contributed by atoms with Gasteiger partial charge in [0.15, 0.2) is 0 Å².